The van der Waals surface area contributed by atoms with Crippen LogP contribution in [0.1, 0.15) is 101 Å². The Morgan fingerprint density at radius 2 is 1.49 bits per heavy atom. The van der Waals surface area contributed by atoms with E-state index in [0.29, 0.717) is 18.0 Å². The van der Waals surface area contributed by atoms with Gasteiger partial charge in [-0.05, 0) is 68.0 Å². The van der Waals surface area contributed by atoms with Crippen LogP contribution in [-0.4, -0.2) is 85.5 Å². The van der Waals surface area contributed by atoms with Gasteiger partial charge in [0.05, 0.1) is 31.0 Å². The van der Waals surface area contributed by atoms with Crippen molar-refractivity contribution in [1.82, 2.24) is 10.6 Å². The van der Waals surface area contributed by atoms with E-state index in [-0.39, 0.29) is 29.4 Å². The van der Waals surface area contributed by atoms with Crippen molar-refractivity contribution in [2.24, 2.45) is 16.2 Å². The van der Waals surface area contributed by atoms with Crippen LogP contribution in [0.2, 0.25) is 0 Å². The topological polar surface area (TPSA) is 134 Å². The second-order valence-electron chi connectivity index (χ2n) is 15.2. The minimum atomic E-state index is -1.39. The monoisotopic (exact) mass is 574 g/mol. The molecular formula is C30H58N2O6S. The summed E-state index contributed by atoms with van der Waals surface area (Å²) in [6.07, 6.45) is -0.445. The molecule has 230 valence electrons. The first-order chi connectivity index (χ1) is 17.5. The second-order valence-corrected chi connectivity index (χ2v) is 15.6. The molecule has 9 heteroatoms. The highest BCUT2D eigenvalue weighted by Gasteiger charge is 2.37. The smallest absolute Gasteiger partial charge is 0.167 e. The number of aliphatic hydroxyl groups excluding tert-OH is 5. The van der Waals surface area contributed by atoms with Gasteiger partial charge in [-0.3, -0.25) is 0 Å². The summed E-state index contributed by atoms with van der Waals surface area (Å²) in [6, 6.07) is -0.689. The lowest BCUT2D eigenvalue weighted by Gasteiger charge is -2.39. The molecule has 0 heterocycles. The van der Waals surface area contributed by atoms with Gasteiger partial charge >= 0.3 is 0 Å². The van der Waals surface area contributed by atoms with Crippen molar-refractivity contribution in [1.29, 1.82) is 0 Å². The summed E-state index contributed by atoms with van der Waals surface area (Å²) in [7, 11) is 0. The highest BCUT2D eigenvalue weighted by atomic mass is 32.1. The van der Waals surface area contributed by atoms with E-state index < -0.39 is 48.1 Å². The van der Waals surface area contributed by atoms with Crippen molar-refractivity contribution in [3.63, 3.8) is 0 Å². The molecular weight excluding hydrogens is 516 g/mol. The first-order valence-corrected chi connectivity index (χ1v) is 14.7. The van der Waals surface area contributed by atoms with Gasteiger partial charge in [0.15, 0.2) is 5.11 Å². The van der Waals surface area contributed by atoms with Gasteiger partial charge in [0.2, 0.25) is 0 Å². The number of aliphatic hydroxyl groups is 5. The molecule has 7 atom stereocenters. The largest absolute Gasteiger partial charge is 0.392 e. The van der Waals surface area contributed by atoms with Crippen LogP contribution < -0.4 is 10.6 Å². The minimum Gasteiger partial charge on any atom is -0.392 e. The van der Waals surface area contributed by atoms with Crippen molar-refractivity contribution >= 4 is 17.3 Å². The fourth-order valence-corrected chi connectivity index (χ4v) is 6.37. The first-order valence-electron chi connectivity index (χ1n) is 14.3. The lowest BCUT2D eigenvalue weighted by molar-refractivity contribution is -0.125. The third-order valence-corrected chi connectivity index (χ3v) is 7.30. The second kappa shape index (κ2) is 14.4. The maximum absolute atomic E-state index is 11.3. The molecule has 1 rings (SSSR count). The fourth-order valence-electron chi connectivity index (χ4n) is 5.94. The van der Waals surface area contributed by atoms with Crippen LogP contribution in [0, 0.1) is 16.2 Å². The zero-order valence-electron chi connectivity index (χ0n) is 26.0. The lowest BCUT2D eigenvalue weighted by atomic mass is 9.71. The fraction of sp³-hybridized carbons (Fsp3) is 0.900. The summed E-state index contributed by atoms with van der Waals surface area (Å²) < 4.78 is 6.05. The standard InChI is InChI=1S/C30H58N2O6S/c1-27(2,3)17-29(7,8)23(35)15-21(34)19(31-26(39)32-30(9,10)18-28(4,5)6)16-38-22-14-12-11-13-20(33)24(36)25(22)37/h11,13,19-25,33-37H,12,14-18H2,1-10H3,(H2,31,32,39). The van der Waals surface area contributed by atoms with Crippen molar-refractivity contribution in [3.05, 3.63) is 12.2 Å². The summed E-state index contributed by atoms with van der Waals surface area (Å²) in [6.45, 7) is 21.0. The van der Waals surface area contributed by atoms with Gasteiger partial charge in [-0.1, -0.05) is 67.5 Å². The molecule has 0 saturated heterocycles. The van der Waals surface area contributed by atoms with Crippen molar-refractivity contribution in [3.8, 4) is 0 Å². The van der Waals surface area contributed by atoms with Gasteiger partial charge in [0, 0.05) is 12.0 Å². The van der Waals surface area contributed by atoms with E-state index >= 15 is 0 Å². The average molecular weight is 575 g/mol. The van der Waals surface area contributed by atoms with Crippen LogP contribution in [0.15, 0.2) is 12.2 Å². The van der Waals surface area contributed by atoms with Gasteiger partial charge in [-0.15, -0.1) is 0 Å². The molecule has 0 aromatic rings. The van der Waals surface area contributed by atoms with Crippen molar-refractivity contribution in [2.75, 3.05) is 6.61 Å². The Hall–Kier alpha value is -0.810. The third-order valence-electron chi connectivity index (χ3n) is 7.08. The number of rotatable bonds is 11. The number of hydrogen-bond acceptors (Lipinski definition) is 7. The number of nitrogens with one attached hydrogen (secondary N) is 2. The SMILES string of the molecule is CC(C)(C)CC(C)(C)NC(=S)NC(COC1CCC=CC(O)C(O)C1O)C(O)CC(O)C(C)(C)CC(C)(C)C. The third kappa shape index (κ3) is 13.6. The van der Waals surface area contributed by atoms with E-state index in [4.69, 9.17) is 17.0 Å². The zero-order valence-corrected chi connectivity index (χ0v) is 26.8. The predicted octanol–water partition coefficient (Wildman–Crippen LogP) is 3.43. The number of thiocarbonyl (C=S) groups is 1. The summed E-state index contributed by atoms with van der Waals surface area (Å²) in [5.74, 6) is 0. The molecule has 0 fully saturated rings. The Balaban J connectivity index is 3.06. The van der Waals surface area contributed by atoms with Gasteiger partial charge < -0.3 is 40.9 Å². The Bertz CT molecular complexity index is 789. The van der Waals surface area contributed by atoms with E-state index in [1.54, 1.807) is 6.08 Å². The molecule has 0 amide bonds. The van der Waals surface area contributed by atoms with Crippen molar-refractivity contribution < 1.29 is 30.3 Å². The molecule has 0 saturated carbocycles. The van der Waals surface area contributed by atoms with Crippen LogP contribution >= 0.6 is 12.2 Å². The van der Waals surface area contributed by atoms with Crippen LogP contribution in [0.3, 0.4) is 0 Å². The summed E-state index contributed by atoms with van der Waals surface area (Å²) in [4.78, 5) is 0. The molecule has 1 aliphatic carbocycles. The van der Waals surface area contributed by atoms with Crippen LogP contribution in [0.4, 0.5) is 0 Å². The number of hydrogen-bond donors (Lipinski definition) is 7. The van der Waals surface area contributed by atoms with E-state index in [0.717, 1.165) is 12.8 Å². The normalized spacial score (nSPS) is 25.8. The molecule has 0 radical (unpaired) electrons. The molecule has 0 aromatic carbocycles. The van der Waals surface area contributed by atoms with E-state index in [1.165, 1.54) is 6.08 Å². The molecule has 7 unspecified atom stereocenters. The van der Waals surface area contributed by atoms with Gasteiger partial charge in [0.1, 0.15) is 18.3 Å². The molecule has 0 aromatic heterocycles. The number of ether oxygens (including phenoxy) is 1. The van der Waals surface area contributed by atoms with E-state index in [9.17, 15) is 25.5 Å². The quantitative estimate of drug-likeness (QED) is 0.146. The Morgan fingerprint density at radius 1 is 0.923 bits per heavy atom. The molecule has 0 spiro atoms. The molecule has 0 aliphatic heterocycles. The molecule has 7 N–H and O–H groups in total. The zero-order chi connectivity index (χ0) is 30.4. The summed E-state index contributed by atoms with van der Waals surface area (Å²) in [5.41, 5.74) is -0.658. The molecule has 0 bridgehead atoms. The van der Waals surface area contributed by atoms with Crippen LogP contribution in [0.5, 0.6) is 0 Å². The highest BCUT2D eigenvalue weighted by molar-refractivity contribution is 7.80. The molecule has 8 nitrogen and oxygen atoms in total. The Labute approximate surface area is 242 Å². The van der Waals surface area contributed by atoms with Crippen molar-refractivity contribution in [2.45, 2.75) is 150 Å². The Kier molecular flexibility index (Phi) is 13.4. The lowest BCUT2D eigenvalue weighted by Crippen LogP contribution is -2.56. The molecule has 1 aliphatic rings. The van der Waals surface area contributed by atoms with Crippen LogP contribution in [-0.2, 0) is 4.74 Å². The Morgan fingerprint density at radius 3 is 2.03 bits per heavy atom. The highest BCUT2D eigenvalue weighted by Crippen LogP contribution is 2.37. The first kappa shape index (κ1) is 36.2. The van der Waals surface area contributed by atoms with Crippen LogP contribution in [0.25, 0.3) is 0 Å². The molecule has 39 heavy (non-hydrogen) atoms. The maximum atomic E-state index is 11.3. The van der Waals surface area contributed by atoms with Gasteiger partial charge in [0.25, 0.3) is 0 Å². The average Bonchev–Trinajstić information content (AvgIpc) is 2.71. The van der Waals surface area contributed by atoms with Gasteiger partial charge in [-0.2, -0.15) is 0 Å². The summed E-state index contributed by atoms with van der Waals surface area (Å²) in [5, 5.41) is 60.3. The predicted molar refractivity (Wildman–Crippen MR) is 161 cm³/mol. The van der Waals surface area contributed by atoms with E-state index in [2.05, 4.69) is 66.0 Å². The minimum absolute atomic E-state index is 0.00844. The van der Waals surface area contributed by atoms with E-state index in [1.807, 2.05) is 13.8 Å². The van der Waals surface area contributed by atoms with Gasteiger partial charge in [-0.25, -0.2) is 0 Å². The maximum Gasteiger partial charge on any atom is 0.167 e. The summed E-state index contributed by atoms with van der Waals surface area (Å²) >= 11 is 5.63. The number of allylic oxidation sites excluding steroid dienone is 1.